The molecule has 0 saturated carbocycles. The molecule has 0 spiro atoms. The molecule has 19 heavy (non-hydrogen) atoms. The van der Waals surface area contributed by atoms with E-state index < -0.39 is 5.44 Å². The zero-order chi connectivity index (χ0) is 14.2. The zero-order valence-electron chi connectivity index (χ0n) is 11.1. The van der Waals surface area contributed by atoms with Crippen molar-refractivity contribution < 1.29 is 5.11 Å². The Balaban J connectivity index is 2.27. The fourth-order valence-corrected chi connectivity index (χ4v) is 3.23. The molecule has 0 aliphatic heterocycles. The van der Waals surface area contributed by atoms with Crippen LogP contribution < -0.4 is 0 Å². The number of thioether (sulfide) groups is 1. The summed E-state index contributed by atoms with van der Waals surface area (Å²) in [6.07, 6.45) is 1.95. The van der Waals surface area contributed by atoms with Crippen molar-refractivity contribution in [3.05, 3.63) is 34.9 Å². The van der Waals surface area contributed by atoms with Gasteiger partial charge in [-0.2, -0.15) is 0 Å². The fourth-order valence-electron chi connectivity index (χ4n) is 1.60. The highest BCUT2D eigenvalue weighted by Gasteiger charge is 2.24. The standard InChI is InChI=1S/C14H16BrNOS2/c1-14(2,3)12(17)19-13(18)16-7-6-9-8-10(15)4-5-11(9)16/h4-8,12,17H,1-3H3. The maximum absolute atomic E-state index is 10.1. The van der Waals surface area contributed by atoms with Crippen LogP contribution in [0.4, 0.5) is 0 Å². The van der Waals surface area contributed by atoms with Gasteiger partial charge in [0.15, 0.2) is 0 Å². The number of thiocarbonyl (C=S) groups is 1. The number of hydrogen-bond donors (Lipinski definition) is 1. The largest absolute Gasteiger partial charge is 0.381 e. The number of aliphatic hydroxyl groups excluding tert-OH is 1. The molecule has 0 fully saturated rings. The van der Waals surface area contributed by atoms with Crippen molar-refractivity contribution in [1.29, 1.82) is 0 Å². The highest BCUT2D eigenvalue weighted by atomic mass is 79.9. The summed E-state index contributed by atoms with van der Waals surface area (Å²) < 4.78 is 3.65. The second-order valence-electron chi connectivity index (χ2n) is 5.49. The van der Waals surface area contributed by atoms with Crippen LogP contribution in [0.25, 0.3) is 10.9 Å². The molecule has 2 nitrogen and oxygen atoms in total. The van der Waals surface area contributed by atoms with Gasteiger partial charge in [-0.3, -0.25) is 0 Å². The lowest BCUT2D eigenvalue weighted by Gasteiger charge is -2.25. The summed E-state index contributed by atoms with van der Waals surface area (Å²) in [5.74, 6) is 0. The monoisotopic (exact) mass is 357 g/mol. The third kappa shape index (κ3) is 3.40. The molecule has 102 valence electrons. The van der Waals surface area contributed by atoms with Gasteiger partial charge in [-0.15, -0.1) is 0 Å². The minimum Gasteiger partial charge on any atom is -0.381 e. The summed E-state index contributed by atoms with van der Waals surface area (Å²) in [5.41, 5.74) is 0.343. The summed E-state index contributed by atoms with van der Waals surface area (Å²) >= 11 is 10.2. The average Bonchev–Trinajstić information content (AvgIpc) is 2.70. The predicted octanol–water partition coefficient (Wildman–Crippen LogP) is 4.63. The Morgan fingerprint density at radius 3 is 2.68 bits per heavy atom. The SMILES string of the molecule is CC(C)(C)C(O)SC(=S)n1ccc2cc(Br)ccc21. The predicted molar refractivity (Wildman–Crippen MR) is 90.7 cm³/mol. The van der Waals surface area contributed by atoms with Gasteiger partial charge >= 0.3 is 0 Å². The van der Waals surface area contributed by atoms with Crippen molar-refractivity contribution in [3.8, 4) is 0 Å². The maximum Gasteiger partial charge on any atom is 0.147 e. The average molecular weight is 358 g/mol. The number of benzene rings is 1. The van der Waals surface area contributed by atoms with Crippen molar-refractivity contribution in [1.82, 2.24) is 4.57 Å². The molecular weight excluding hydrogens is 342 g/mol. The molecule has 1 aromatic carbocycles. The van der Waals surface area contributed by atoms with Gasteiger partial charge in [0.1, 0.15) is 9.76 Å². The number of fused-ring (bicyclic) bond motifs is 1. The van der Waals surface area contributed by atoms with E-state index in [4.69, 9.17) is 12.2 Å². The van der Waals surface area contributed by atoms with Gasteiger partial charge in [0.05, 0.1) is 5.52 Å². The molecule has 1 unspecified atom stereocenters. The van der Waals surface area contributed by atoms with Gasteiger partial charge in [-0.1, -0.05) is 60.7 Å². The van der Waals surface area contributed by atoms with Crippen LogP contribution in [0.1, 0.15) is 20.8 Å². The molecule has 2 aromatic rings. The van der Waals surface area contributed by atoms with Crippen molar-refractivity contribution >= 4 is 55.1 Å². The van der Waals surface area contributed by atoms with Gasteiger partial charge in [0.25, 0.3) is 0 Å². The topological polar surface area (TPSA) is 25.2 Å². The van der Waals surface area contributed by atoms with Gasteiger partial charge in [-0.05, 0) is 29.7 Å². The molecule has 0 bridgehead atoms. The first-order valence-electron chi connectivity index (χ1n) is 5.95. The zero-order valence-corrected chi connectivity index (χ0v) is 14.3. The molecule has 2 rings (SSSR count). The lowest BCUT2D eigenvalue weighted by molar-refractivity contribution is 0.143. The van der Waals surface area contributed by atoms with Crippen molar-refractivity contribution in [2.24, 2.45) is 5.41 Å². The Kier molecular flexibility index (Phi) is 4.40. The number of rotatable bonds is 1. The Hall–Kier alpha value is -0.360. The van der Waals surface area contributed by atoms with Gasteiger partial charge in [-0.25, -0.2) is 0 Å². The number of halogens is 1. The quantitative estimate of drug-likeness (QED) is 0.594. The maximum atomic E-state index is 10.1. The van der Waals surface area contributed by atoms with Gasteiger partial charge < -0.3 is 9.67 Å². The molecule has 1 heterocycles. The molecule has 5 heteroatoms. The molecule has 1 N–H and O–H groups in total. The second-order valence-corrected chi connectivity index (χ2v) is 8.12. The summed E-state index contributed by atoms with van der Waals surface area (Å²) in [4.78, 5) is 0. The summed E-state index contributed by atoms with van der Waals surface area (Å²) in [6.45, 7) is 5.99. The minimum atomic E-state index is -0.520. The van der Waals surface area contributed by atoms with Gasteiger partial charge in [0.2, 0.25) is 0 Å². The Labute approximate surface area is 131 Å². The van der Waals surface area contributed by atoms with Crippen LogP contribution in [0.5, 0.6) is 0 Å². The first kappa shape index (κ1) is 15.0. The molecule has 0 amide bonds. The van der Waals surface area contributed by atoms with Crippen molar-refractivity contribution in [3.63, 3.8) is 0 Å². The van der Waals surface area contributed by atoms with Crippen LogP contribution in [-0.2, 0) is 0 Å². The number of nitrogens with zero attached hydrogens (tertiary/aromatic N) is 1. The van der Waals surface area contributed by atoms with E-state index >= 15 is 0 Å². The van der Waals surface area contributed by atoms with Crippen LogP contribution in [0.3, 0.4) is 0 Å². The van der Waals surface area contributed by atoms with E-state index in [2.05, 4.69) is 22.0 Å². The highest BCUT2D eigenvalue weighted by Crippen LogP contribution is 2.31. The number of hydrogen-bond acceptors (Lipinski definition) is 3. The van der Waals surface area contributed by atoms with E-state index in [1.54, 1.807) is 0 Å². The van der Waals surface area contributed by atoms with Crippen molar-refractivity contribution in [2.75, 3.05) is 0 Å². The number of aromatic nitrogens is 1. The van der Waals surface area contributed by atoms with Crippen LogP contribution in [-0.4, -0.2) is 19.4 Å². The Morgan fingerprint density at radius 1 is 1.37 bits per heavy atom. The molecule has 0 saturated heterocycles. The van der Waals surface area contributed by atoms with Crippen LogP contribution >= 0.6 is 39.9 Å². The first-order chi connectivity index (χ1) is 8.79. The molecule has 0 aliphatic carbocycles. The van der Waals surface area contributed by atoms with E-state index in [0.29, 0.717) is 4.32 Å². The van der Waals surface area contributed by atoms with E-state index in [0.717, 1.165) is 15.4 Å². The molecule has 1 atom stereocenters. The Morgan fingerprint density at radius 2 is 2.05 bits per heavy atom. The summed E-state index contributed by atoms with van der Waals surface area (Å²) in [7, 11) is 0. The van der Waals surface area contributed by atoms with E-state index in [1.165, 1.54) is 11.8 Å². The number of aliphatic hydroxyl groups is 1. The molecule has 0 aliphatic rings. The Bertz CT molecular complexity index is 615. The summed E-state index contributed by atoms with van der Waals surface area (Å²) in [5, 5.41) is 11.3. The highest BCUT2D eigenvalue weighted by molar-refractivity contribution is 9.10. The van der Waals surface area contributed by atoms with Crippen molar-refractivity contribution in [2.45, 2.75) is 26.2 Å². The van der Waals surface area contributed by atoms with E-state index in [1.807, 2.05) is 49.7 Å². The normalized spacial score (nSPS) is 13.7. The van der Waals surface area contributed by atoms with Crippen LogP contribution in [0.15, 0.2) is 34.9 Å². The molecular formula is C14H16BrNOS2. The lowest BCUT2D eigenvalue weighted by atomic mass is 9.98. The second kappa shape index (κ2) is 5.56. The van der Waals surface area contributed by atoms with E-state index in [-0.39, 0.29) is 5.41 Å². The third-order valence-electron chi connectivity index (χ3n) is 2.80. The van der Waals surface area contributed by atoms with Gasteiger partial charge in [0, 0.05) is 16.1 Å². The smallest absolute Gasteiger partial charge is 0.147 e. The van der Waals surface area contributed by atoms with Crippen LogP contribution in [0, 0.1) is 5.41 Å². The lowest BCUT2D eigenvalue weighted by Crippen LogP contribution is -2.25. The summed E-state index contributed by atoms with van der Waals surface area (Å²) in [6, 6.07) is 8.10. The third-order valence-corrected chi connectivity index (χ3v) is 5.11. The molecule has 1 aromatic heterocycles. The first-order valence-corrected chi connectivity index (χ1v) is 8.03. The van der Waals surface area contributed by atoms with Crippen LogP contribution in [0.2, 0.25) is 0 Å². The molecule has 0 radical (unpaired) electrons. The fraction of sp³-hybridized carbons (Fsp3) is 0.357. The van der Waals surface area contributed by atoms with E-state index in [9.17, 15) is 5.11 Å². The minimum absolute atomic E-state index is 0.194.